The molecular weight excluding hydrogens is 256 g/mol. The van der Waals surface area contributed by atoms with Gasteiger partial charge in [-0.3, -0.25) is 0 Å². The number of ether oxygens (including phenoxy) is 3. The van der Waals surface area contributed by atoms with Crippen molar-refractivity contribution in [3.05, 3.63) is 0 Å². The summed E-state index contributed by atoms with van der Waals surface area (Å²) >= 11 is 0. The molecule has 0 aromatic carbocycles. The molecule has 2 saturated heterocycles. The van der Waals surface area contributed by atoms with Crippen molar-refractivity contribution in [2.45, 2.75) is 58.8 Å². The van der Waals surface area contributed by atoms with Crippen LogP contribution in [0.4, 0.5) is 0 Å². The molecule has 0 spiro atoms. The highest BCUT2D eigenvalue weighted by Gasteiger charge is 2.44. The van der Waals surface area contributed by atoms with Gasteiger partial charge in [0.25, 0.3) is 0 Å². The van der Waals surface area contributed by atoms with E-state index < -0.39 is 6.10 Å². The fourth-order valence-electron chi connectivity index (χ4n) is 3.47. The molecule has 0 bridgehead atoms. The van der Waals surface area contributed by atoms with Gasteiger partial charge in [-0.25, -0.2) is 0 Å². The third-order valence-electron chi connectivity index (χ3n) is 4.82. The van der Waals surface area contributed by atoms with Crippen LogP contribution in [-0.4, -0.2) is 49.3 Å². The molecule has 4 heteroatoms. The summed E-state index contributed by atoms with van der Waals surface area (Å²) in [6.45, 7) is 13.4. The molecule has 0 amide bonds. The fraction of sp³-hybridized carbons (Fsp3) is 1.00. The number of rotatable bonds is 3. The van der Waals surface area contributed by atoms with E-state index in [1.165, 1.54) is 0 Å². The quantitative estimate of drug-likeness (QED) is 0.864. The summed E-state index contributed by atoms with van der Waals surface area (Å²) in [5, 5.41) is 10.2. The van der Waals surface area contributed by atoms with E-state index in [1.807, 2.05) is 0 Å². The maximum atomic E-state index is 10.2. The zero-order valence-corrected chi connectivity index (χ0v) is 13.5. The summed E-state index contributed by atoms with van der Waals surface area (Å²) in [6, 6.07) is 0. The van der Waals surface area contributed by atoms with E-state index in [-0.39, 0.29) is 23.0 Å². The maximum absolute atomic E-state index is 10.2. The van der Waals surface area contributed by atoms with E-state index in [9.17, 15) is 5.11 Å². The standard InChI is InChI=1S/C16H30O4/c1-15(2,3)12-8-19-10-14(12)20-16(4,5)11-6-7-18-9-13(11)17/h11-14,17H,6-10H2,1-5H3. The largest absolute Gasteiger partial charge is 0.390 e. The second-order valence-corrected chi connectivity index (χ2v) is 7.81. The molecule has 118 valence electrons. The molecule has 2 fully saturated rings. The summed E-state index contributed by atoms with van der Waals surface area (Å²) in [7, 11) is 0. The second-order valence-electron chi connectivity index (χ2n) is 7.81. The molecule has 20 heavy (non-hydrogen) atoms. The first-order valence-corrected chi connectivity index (χ1v) is 7.73. The Morgan fingerprint density at radius 1 is 0.950 bits per heavy atom. The Hall–Kier alpha value is -0.160. The van der Waals surface area contributed by atoms with Gasteiger partial charge in [-0.1, -0.05) is 20.8 Å². The Bertz CT molecular complexity index is 321. The van der Waals surface area contributed by atoms with Crippen molar-refractivity contribution in [2.24, 2.45) is 17.3 Å². The molecule has 2 aliphatic heterocycles. The zero-order valence-electron chi connectivity index (χ0n) is 13.5. The van der Waals surface area contributed by atoms with Crippen LogP contribution < -0.4 is 0 Å². The van der Waals surface area contributed by atoms with E-state index >= 15 is 0 Å². The molecule has 2 aliphatic rings. The SMILES string of the molecule is CC(C)(C)C1COCC1OC(C)(C)C1CCOCC1O. The number of hydrogen-bond acceptors (Lipinski definition) is 4. The molecule has 0 aromatic heterocycles. The van der Waals surface area contributed by atoms with E-state index in [0.717, 1.165) is 13.0 Å². The lowest BCUT2D eigenvalue weighted by Gasteiger charge is -2.43. The van der Waals surface area contributed by atoms with E-state index in [2.05, 4.69) is 34.6 Å². The third kappa shape index (κ3) is 3.53. The molecule has 4 atom stereocenters. The average molecular weight is 286 g/mol. The van der Waals surface area contributed by atoms with Gasteiger partial charge in [0, 0.05) is 18.4 Å². The lowest BCUT2D eigenvalue weighted by atomic mass is 9.78. The summed E-state index contributed by atoms with van der Waals surface area (Å²) in [4.78, 5) is 0. The van der Waals surface area contributed by atoms with Crippen LogP contribution >= 0.6 is 0 Å². The molecule has 0 saturated carbocycles. The molecule has 4 unspecified atom stereocenters. The van der Waals surface area contributed by atoms with Crippen molar-refractivity contribution in [3.8, 4) is 0 Å². The average Bonchev–Trinajstić information content (AvgIpc) is 2.76. The van der Waals surface area contributed by atoms with Gasteiger partial charge in [0.2, 0.25) is 0 Å². The molecule has 0 aromatic rings. The Morgan fingerprint density at radius 3 is 2.25 bits per heavy atom. The lowest BCUT2D eigenvalue weighted by molar-refractivity contribution is -0.174. The van der Waals surface area contributed by atoms with Crippen LogP contribution in [0.3, 0.4) is 0 Å². The van der Waals surface area contributed by atoms with Crippen molar-refractivity contribution < 1.29 is 19.3 Å². The minimum absolute atomic E-state index is 0.111. The van der Waals surface area contributed by atoms with Gasteiger partial charge in [0.15, 0.2) is 0 Å². The molecule has 0 radical (unpaired) electrons. The van der Waals surface area contributed by atoms with Crippen LogP contribution in [0.2, 0.25) is 0 Å². The van der Waals surface area contributed by atoms with Gasteiger partial charge in [-0.2, -0.15) is 0 Å². The Balaban J connectivity index is 2.03. The van der Waals surface area contributed by atoms with Gasteiger partial charge >= 0.3 is 0 Å². The predicted octanol–water partition coefficient (Wildman–Crippen LogP) is 2.24. The van der Waals surface area contributed by atoms with Crippen molar-refractivity contribution in [3.63, 3.8) is 0 Å². The third-order valence-corrected chi connectivity index (χ3v) is 4.82. The van der Waals surface area contributed by atoms with Gasteiger partial charge in [-0.15, -0.1) is 0 Å². The summed E-state index contributed by atoms with van der Waals surface area (Å²) < 4.78 is 17.4. The second kappa shape index (κ2) is 5.91. The van der Waals surface area contributed by atoms with Crippen LogP contribution in [0.15, 0.2) is 0 Å². The number of aliphatic hydroxyl groups is 1. The summed E-state index contributed by atoms with van der Waals surface area (Å²) in [6.07, 6.45) is 0.524. The first-order chi connectivity index (χ1) is 9.22. The van der Waals surface area contributed by atoms with Crippen LogP contribution in [0.5, 0.6) is 0 Å². The number of aliphatic hydroxyl groups excluding tert-OH is 1. The minimum Gasteiger partial charge on any atom is -0.390 e. The molecule has 2 rings (SSSR count). The van der Waals surface area contributed by atoms with Crippen LogP contribution in [0.1, 0.15) is 41.0 Å². The molecular formula is C16H30O4. The Morgan fingerprint density at radius 2 is 1.65 bits per heavy atom. The van der Waals surface area contributed by atoms with E-state index in [1.54, 1.807) is 0 Å². The minimum atomic E-state index is -0.436. The van der Waals surface area contributed by atoms with Crippen molar-refractivity contribution in [1.82, 2.24) is 0 Å². The van der Waals surface area contributed by atoms with E-state index in [0.29, 0.717) is 25.7 Å². The van der Waals surface area contributed by atoms with Crippen LogP contribution in [-0.2, 0) is 14.2 Å². The number of hydrogen-bond donors (Lipinski definition) is 1. The Labute approximate surface area is 122 Å². The first-order valence-electron chi connectivity index (χ1n) is 7.73. The molecule has 4 nitrogen and oxygen atoms in total. The topological polar surface area (TPSA) is 47.9 Å². The Kier molecular flexibility index (Phi) is 4.80. The highest BCUT2D eigenvalue weighted by Crippen LogP contribution is 2.39. The highest BCUT2D eigenvalue weighted by atomic mass is 16.6. The summed E-state index contributed by atoms with van der Waals surface area (Å²) in [5.74, 6) is 0.524. The predicted molar refractivity (Wildman–Crippen MR) is 77.6 cm³/mol. The van der Waals surface area contributed by atoms with Gasteiger partial charge < -0.3 is 19.3 Å². The van der Waals surface area contributed by atoms with Gasteiger partial charge in [-0.05, 0) is 25.7 Å². The van der Waals surface area contributed by atoms with Gasteiger partial charge in [0.1, 0.15) is 0 Å². The maximum Gasteiger partial charge on any atom is 0.0870 e. The first kappa shape index (κ1) is 16.2. The molecule has 0 aliphatic carbocycles. The molecule has 1 N–H and O–H groups in total. The normalized spacial score (nSPS) is 36.3. The van der Waals surface area contributed by atoms with Crippen LogP contribution in [0, 0.1) is 17.3 Å². The highest BCUT2D eigenvalue weighted by molar-refractivity contribution is 4.92. The fourth-order valence-corrected chi connectivity index (χ4v) is 3.47. The van der Waals surface area contributed by atoms with Gasteiger partial charge in [0.05, 0.1) is 37.6 Å². The van der Waals surface area contributed by atoms with Crippen molar-refractivity contribution in [2.75, 3.05) is 26.4 Å². The van der Waals surface area contributed by atoms with E-state index in [4.69, 9.17) is 14.2 Å². The van der Waals surface area contributed by atoms with Crippen molar-refractivity contribution >= 4 is 0 Å². The lowest BCUT2D eigenvalue weighted by Crippen LogP contribution is -2.50. The smallest absolute Gasteiger partial charge is 0.0870 e. The van der Waals surface area contributed by atoms with Crippen LogP contribution in [0.25, 0.3) is 0 Å². The monoisotopic (exact) mass is 286 g/mol. The summed E-state index contributed by atoms with van der Waals surface area (Å²) in [5.41, 5.74) is -0.184. The zero-order chi connectivity index (χ0) is 15.0. The van der Waals surface area contributed by atoms with Crippen molar-refractivity contribution in [1.29, 1.82) is 0 Å². The molecule has 2 heterocycles.